The Hall–Kier alpha value is -0.260. The summed E-state index contributed by atoms with van der Waals surface area (Å²) < 4.78 is 0. The minimum atomic E-state index is 0.958. The highest BCUT2D eigenvalue weighted by molar-refractivity contribution is 4.99. The van der Waals surface area contributed by atoms with Gasteiger partial charge in [-0.25, -0.2) is 0 Å². The Bertz CT molecular complexity index is 157. The molecule has 76 valence electrons. The molecule has 0 heterocycles. The zero-order chi connectivity index (χ0) is 9.68. The summed E-state index contributed by atoms with van der Waals surface area (Å²) in [6.07, 6.45) is 12.1. The Balaban J connectivity index is 0.000000396. The molecule has 0 aromatic rings. The van der Waals surface area contributed by atoms with E-state index in [1.807, 2.05) is 13.8 Å². The van der Waals surface area contributed by atoms with Crippen LogP contribution in [0.5, 0.6) is 0 Å². The second-order valence-corrected chi connectivity index (χ2v) is 4.35. The van der Waals surface area contributed by atoms with E-state index in [1.165, 1.54) is 32.1 Å². The minimum Gasteiger partial charge on any atom is -0.0882 e. The van der Waals surface area contributed by atoms with Crippen molar-refractivity contribution in [2.75, 3.05) is 0 Å². The topological polar surface area (TPSA) is 0 Å². The lowest BCUT2D eigenvalue weighted by Crippen LogP contribution is -2.23. The van der Waals surface area contributed by atoms with Gasteiger partial charge in [0.25, 0.3) is 0 Å². The van der Waals surface area contributed by atoms with Gasteiger partial charge in [-0.05, 0) is 43.4 Å². The van der Waals surface area contributed by atoms with Crippen molar-refractivity contribution < 1.29 is 0 Å². The van der Waals surface area contributed by atoms with E-state index in [4.69, 9.17) is 0 Å². The second-order valence-electron chi connectivity index (χ2n) is 4.35. The van der Waals surface area contributed by atoms with Crippen molar-refractivity contribution in [3.63, 3.8) is 0 Å². The zero-order valence-electron chi connectivity index (χ0n) is 9.42. The molecule has 2 rings (SSSR count). The third kappa shape index (κ3) is 2.86. The van der Waals surface area contributed by atoms with Gasteiger partial charge in [0, 0.05) is 0 Å². The van der Waals surface area contributed by atoms with Crippen LogP contribution in [-0.2, 0) is 0 Å². The molecule has 0 amide bonds. The Morgan fingerprint density at radius 2 is 1.85 bits per heavy atom. The molecule has 3 unspecified atom stereocenters. The second kappa shape index (κ2) is 5.47. The average molecular weight is 180 g/mol. The van der Waals surface area contributed by atoms with Crippen LogP contribution in [0.15, 0.2) is 12.2 Å². The Kier molecular flexibility index (Phi) is 4.55. The molecule has 0 spiro atoms. The van der Waals surface area contributed by atoms with E-state index in [2.05, 4.69) is 19.1 Å². The summed E-state index contributed by atoms with van der Waals surface area (Å²) >= 11 is 0. The normalized spacial score (nSPS) is 37.3. The summed E-state index contributed by atoms with van der Waals surface area (Å²) in [7, 11) is 0. The molecule has 0 nitrogen and oxygen atoms in total. The highest BCUT2D eigenvalue weighted by atomic mass is 14.3. The lowest BCUT2D eigenvalue weighted by atomic mass is 9.71. The van der Waals surface area contributed by atoms with Crippen molar-refractivity contribution in [2.24, 2.45) is 17.8 Å². The van der Waals surface area contributed by atoms with E-state index in [0.29, 0.717) is 0 Å². The summed E-state index contributed by atoms with van der Waals surface area (Å²) in [5.74, 6) is 3.01. The Morgan fingerprint density at radius 3 is 2.62 bits per heavy atom. The molecule has 0 aromatic heterocycles. The fourth-order valence-corrected chi connectivity index (χ4v) is 2.69. The molecule has 2 aliphatic rings. The van der Waals surface area contributed by atoms with Gasteiger partial charge in [0.05, 0.1) is 0 Å². The maximum atomic E-state index is 2.47. The van der Waals surface area contributed by atoms with Crippen molar-refractivity contribution in [3.05, 3.63) is 12.2 Å². The van der Waals surface area contributed by atoms with Crippen molar-refractivity contribution in [1.82, 2.24) is 0 Å². The number of rotatable bonds is 0. The molecule has 0 bridgehead atoms. The zero-order valence-corrected chi connectivity index (χ0v) is 9.42. The van der Waals surface area contributed by atoms with E-state index in [-0.39, 0.29) is 0 Å². The van der Waals surface area contributed by atoms with E-state index in [1.54, 1.807) is 0 Å². The molecular weight excluding hydrogens is 156 g/mol. The van der Waals surface area contributed by atoms with Crippen LogP contribution in [-0.4, -0.2) is 0 Å². The molecular formula is C13H24. The van der Waals surface area contributed by atoms with Crippen molar-refractivity contribution in [3.8, 4) is 0 Å². The van der Waals surface area contributed by atoms with Crippen LogP contribution in [0.3, 0.4) is 0 Å². The predicted octanol–water partition coefficient (Wildman–Crippen LogP) is 4.42. The summed E-state index contributed by atoms with van der Waals surface area (Å²) in [5, 5.41) is 0. The van der Waals surface area contributed by atoms with E-state index >= 15 is 0 Å². The highest BCUT2D eigenvalue weighted by Crippen LogP contribution is 2.39. The number of allylic oxidation sites excluding steroid dienone is 2. The minimum absolute atomic E-state index is 0.958. The Morgan fingerprint density at radius 1 is 1.08 bits per heavy atom. The van der Waals surface area contributed by atoms with Crippen LogP contribution < -0.4 is 0 Å². The van der Waals surface area contributed by atoms with Crippen LogP contribution in [0.2, 0.25) is 0 Å². The molecule has 1 fully saturated rings. The maximum absolute atomic E-state index is 2.47. The smallest absolute Gasteiger partial charge is 0.0205 e. The molecule has 0 aromatic carbocycles. The van der Waals surface area contributed by atoms with Crippen molar-refractivity contribution >= 4 is 0 Å². The number of fused-ring (bicyclic) bond motifs is 1. The fraction of sp³-hybridized carbons (Fsp3) is 0.846. The quantitative estimate of drug-likeness (QED) is 0.484. The molecule has 3 atom stereocenters. The van der Waals surface area contributed by atoms with E-state index in [0.717, 1.165) is 17.8 Å². The summed E-state index contributed by atoms with van der Waals surface area (Å²) in [5.41, 5.74) is 0. The lowest BCUT2D eigenvalue weighted by molar-refractivity contribution is 0.207. The molecule has 13 heavy (non-hydrogen) atoms. The van der Waals surface area contributed by atoms with Gasteiger partial charge in [-0.3, -0.25) is 0 Å². The predicted molar refractivity (Wildman–Crippen MR) is 59.7 cm³/mol. The van der Waals surface area contributed by atoms with Crippen LogP contribution in [0.25, 0.3) is 0 Å². The maximum Gasteiger partial charge on any atom is -0.0205 e. The largest absolute Gasteiger partial charge is 0.0882 e. The first-order chi connectivity index (χ1) is 6.36. The highest BCUT2D eigenvalue weighted by Gasteiger charge is 2.27. The molecule has 0 N–H and O–H groups in total. The molecule has 0 heteroatoms. The fourth-order valence-electron chi connectivity index (χ4n) is 2.69. The SMILES string of the molecule is CC.CC1CCC2C=CCCC2C1. The Labute approximate surface area is 83.4 Å². The number of hydrogen-bond donors (Lipinski definition) is 0. The summed E-state index contributed by atoms with van der Waals surface area (Å²) in [6.45, 7) is 6.41. The van der Waals surface area contributed by atoms with Crippen LogP contribution in [0.4, 0.5) is 0 Å². The van der Waals surface area contributed by atoms with Crippen molar-refractivity contribution in [1.29, 1.82) is 0 Å². The standard InChI is InChI=1S/C11H18.C2H6/c1-9-6-7-10-4-2-3-5-11(10)8-9;1-2/h2,4,9-11H,3,5-8H2,1H3;1-2H3. The molecule has 1 saturated carbocycles. The van der Waals surface area contributed by atoms with Gasteiger partial charge >= 0.3 is 0 Å². The number of hydrogen-bond acceptors (Lipinski definition) is 0. The molecule has 0 saturated heterocycles. The van der Waals surface area contributed by atoms with Crippen molar-refractivity contribution in [2.45, 2.75) is 52.9 Å². The average Bonchev–Trinajstić information content (AvgIpc) is 2.21. The first kappa shape index (κ1) is 10.8. The van der Waals surface area contributed by atoms with Crippen LogP contribution >= 0.6 is 0 Å². The monoisotopic (exact) mass is 180 g/mol. The van der Waals surface area contributed by atoms with Crippen LogP contribution in [0, 0.1) is 17.8 Å². The van der Waals surface area contributed by atoms with Gasteiger partial charge in [-0.1, -0.05) is 39.3 Å². The van der Waals surface area contributed by atoms with Gasteiger partial charge < -0.3 is 0 Å². The third-order valence-corrected chi connectivity index (χ3v) is 3.39. The molecule has 0 aliphatic heterocycles. The first-order valence-electron chi connectivity index (χ1n) is 6.03. The van der Waals surface area contributed by atoms with Gasteiger partial charge in [-0.2, -0.15) is 0 Å². The van der Waals surface area contributed by atoms with Gasteiger partial charge in [-0.15, -0.1) is 0 Å². The summed E-state index contributed by atoms with van der Waals surface area (Å²) in [6, 6.07) is 0. The van der Waals surface area contributed by atoms with Gasteiger partial charge in [0.2, 0.25) is 0 Å². The lowest BCUT2D eigenvalue weighted by Gasteiger charge is -2.35. The molecule has 2 aliphatic carbocycles. The third-order valence-electron chi connectivity index (χ3n) is 3.39. The van der Waals surface area contributed by atoms with Gasteiger partial charge in [0.1, 0.15) is 0 Å². The van der Waals surface area contributed by atoms with Gasteiger partial charge in [0.15, 0.2) is 0 Å². The van der Waals surface area contributed by atoms with E-state index in [9.17, 15) is 0 Å². The molecule has 0 radical (unpaired) electrons. The summed E-state index contributed by atoms with van der Waals surface area (Å²) in [4.78, 5) is 0. The van der Waals surface area contributed by atoms with Crippen LogP contribution in [0.1, 0.15) is 52.9 Å². The first-order valence-corrected chi connectivity index (χ1v) is 6.03. The van der Waals surface area contributed by atoms with E-state index < -0.39 is 0 Å².